The molecule has 2 heterocycles. The van der Waals surface area contributed by atoms with Crippen LogP contribution < -0.4 is 10.6 Å². The summed E-state index contributed by atoms with van der Waals surface area (Å²) in [6, 6.07) is -3.49. The smallest absolute Gasteiger partial charge is 0.363 e. The average molecular weight is 526 g/mol. The van der Waals surface area contributed by atoms with Crippen LogP contribution in [0.25, 0.3) is 0 Å². The lowest BCUT2D eigenvalue weighted by Gasteiger charge is -2.41. The average Bonchev–Trinajstić information content (AvgIpc) is 3.21. The molecule has 1 saturated heterocycles. The topological polar surface area (TPSA) is 194 Å². The largest absolute Gasteiger partial charge is 0.467 e. The third kappa shape index (κ3) is 6.37. The highest BCUT2D eigenvalue weighted by atomic mass is 35.5. The van der Waals surface area contributed by atoms with Crippen molar-refractivity contribution in [2.45, 2.75) is 31.8 Å². The summed E-state index contributed by atoms with van der Waals surface area (Å²) in [6.45, 7) is 2.07. The lowest BCUT2D eigenvalue weighted by molar-refractivity contribution is -0.162. The lowest BCUT2D eigenvalue weighted by Crippen LogP contribution is -2.74. The fourth-order valence-electron chi connectivity index (χ4n) is 2.54. The Morgan fingerprint density at radius 2 is 2.09 bits per heavy atom. The summed E-state index contributed by atoms with van der Waals surface area (Å²) < 4.78 is 36.3. The molecule has 3 amide bonds. The molecule has 0 aromatic carbocycles. The van der Waals surface area contributed by atoms with Crippen molar-refractivity contribution in [3.8, 4) is 0 Å². The molecule has 3 N–H and O–H groups in total. The molecule has 2 atom stereocenters. The molecule has 33 heavy (non-hydrogen) atoms. The third-order valence-electron chi connectivity index (χ3n) is 4.10. The first kappa shape index (κ1) is 26.4. The lowest BCUT2D eigenvalue weighted by atomic mass is 9.98. The number of nitrogens with one attached hydrogen (secondary N) is 2. The number of carbonyl (C=O) groups excluding carboxylic acids is 4. The van der Waals surface area contributed by atoms with Gasteiger partial charge in [0.25, 0.3) is 11.8 Å². The minimum atomic E-state index is -5.08. The van der Waals surface area contributed by atoms with Crippen LogP contribution in [0.4, 0.5) is 5.13 Å². The highest BCUT2D eigenvalue weighted by Crippen LogP contribution is 2.25. The second-order valence-electron chi connectivity index (χ2n) is 6.38. The number of halogens is 1. The maximum absolute atomic E-state index is 12.9. The number of rotatable bonds is 11. The Labute approximate surface area is 197 Å². The molecular formula is C16H20ClN5O9S2. The van der Waals surface area contributed by atoms with Crippen molar-refractivity contribution >= 4 is 67.8 Å². The van der Waals surface area contributed by atoms with Crippen molar-refractivity contribution in [1.82, 2.24) is 14.6 Å². The van der Waals surface area contributed by atoms with Gasteiger partial charge in [0, 0.05) is 5.38 Å². The molecule has 1 aromatic rings. The maximum atomic E-state index is 12.9. The van der Waals surface area contributed by atoms with Gasteiger partial charge in [0.1, 0.15) is 24.2 Å². The Morgan fingerprint density at radius 1 is 1.39 bits per heavy atom. The molecule has 1 fully saturated rings. The van der Waals surface area contributed by atoms with Gasteiger partial charge in [-0.3, -0.25) is 18.9 Å². The summed E-state index contributed by atoms with van der Waals surface area (Å²) in [5, 5.41) is 9.79. The van der Waals surface area contributed by atoms with Gasteiger partial charge in [-0.05, 0) is 6.42 Å². The van der Waals surface area contributed by atoms with Gasteiger partial charge in [0.2, 0.25) is 5.91 Å². The number of ether oxygens (including phenoxy) is 1. The fourth-order valence-corrected chi connectivity index (χ4v) is 4.15. The number of aromatic nitrogens is 1. The van der Waals surface area contributed by atoms with Crippen LogP contribution in [0.5, 0.6) is 0 Å². The first-order valence-electron chi connectivity index (χ1n) is 9.26. The van der Waals surface area contributed by atoms with Crippen LogP contribution in [0.1, 0.15) is 25.5 Å². The van der Waals surface area contributed by atoms with Crippen molar-refractivity contribution in [1.29, 1.82) is 0 Å². The summed E-state index contributed by atoms with van der Waals surface area (Å²) >= 11 is 6.39. The number of unbranched alkanes of at least 4 members (excludes halogenated alkanes) is 1. The molecule has 0 unspecified atom stereocenters. The number of β-lactam (4-membered cyclic amide) rings is 1. The van der Waals surface area contributed by atoms with Crippen LogP contribution >= 0.6 is 22.9 Å². The van der Waals surface area contributed by atoms with E-state index in [2.05, 4.69) is 25.5 Å². The van der Waals surface area contributed by atoms with E-state index in [4.69, 9.17) is 16.4 Å². The predicted octanol–water partition coefficient (Wildman–Crippen LogP) is -0.487. The van der Waals surface area contributed by atoms with Crippen LogP contribution in [0.3, 0.4) is 0 Å². The van der Waals surface area contributed by atoms with E-state index in [0.717, 1.165) is 24.9 Å². The van der Waals surface area contributed by atoms with Gasteiger partial charge in [-0.2, -0.15) is 12.7 Å². The summed E-state index contributed by atoms with van der Waals surface area (Å²) in [4.78, 5) is 57.6. The number of methoxy groups -OCH3 is 1. The number of nitrogens with zero attached hydrogens (tertiary/aromatic N) is 3. The standard InChI is InChI=1S/C16H20ClN5O9S2/c1-3-4-5-31-21-10(8-7-32-16(18-8)19-9(23)6-17)13(24)20-11-12(15(26)30-2)22(14(11)25)33(27,28)29/h7,11-12H,3-6H2,1-2H3,(H,20,24)(H,18,19,23)(H,27,28,29)/b21-10-/t11-,12-/m1/s1. The summed E-state index contributed by atoms with van der Waals surface area (Å²) in [7, 11) is -4.14. The normalized spacial score (nSPS) is 18.4. The van der Waals surface area contributed by atoms with Crippen molar-refractivity contribution < 1.29 is 41.7 Å². The first-order chi connectivity index (χ1) is 15.5. The van der Waals surface area contributed by atoms with Crippen molar-refractivity contribution in [3.05, 3.63) is 11.1 Å². The van der Waals surface area contributed by atoms with Gasteiger partial charge in [-0.25, -0.2) is 9.78 Å². The molecule has 0 spiro atoms. The highest BCUT2D eigenvalue weighted by molar-refractivity contribution is 7.84. The number of alkyl halides is 1. The van der Waals surface area contributed by atoms with Gasteiger partial charge in [0.05, 0.1) is 7.11 Å². The van der Waals surface area contributed by atoms with E-state index >= 15 is 0 Å². The molecule has 0 radical (unpaired) electrons. The number of hydrogen-bond acceptors (Lipinski definition) is 11. The Morgan fingerprint density at radius 3 is 2.67 bits per heavy atom. The zero-order valence-corrected chi connectivity index (χ0v) is 19.7. The van der Waals surface area contributed by atoms with Crippen molar-refractivity contribution in [3.63, 3.8) is 0 Å². The van der Waals surface area contributed by atoms with Crippen LogP contribution in [-0.2, 0) is 39.1 Å². The van der Waals surface area contributed by atoms with Crippen LogP contribution in [-0.4, -0.2) is 83.3 Å². The van der Waals surface area contributed by atoms with E-state index in [-0.39, 0.29) is 27.6 Å². The molecule has 0 saturated carbocycles. The Hall–Kier alpha value is -2.82. The first-order valence-corrected chi connectivity index (χ1v) is 12.1. The molecule has 14 nitrogen and oxygen atoms in total. The zero-order valence-electron chi connectivity index (χ0n) is 17.3. The van der Waals surface area contributed by atoms with E-state index < -0.39 is 51.8 Å². The van der Waals surface area contributed by atoms with Gasteiger partial charge in [-0.15, -0.1) is 22.9 Å². The third-order valence-corrected chi connectivity index (χ3v) is 6.01. The molecule has 17 heteroatoms. The van der Waals surface area contributed by atoms with E-state index in [1.807, 2.05) is 6.92 Å². The van der Waals surface area contributed by atoms with Gasteiger partial charge >= 0.3 is 16.3 Å². The number of esters is 1. The second-order valence-corrected chi connectivity index (χ2v) is 8.79. The SMILES string of the molecule is CCCCO/N=C(\C(=O)N[C@H]1C(=O)N(S(=O)(=O)O)[C@H]1C(=O)OC)c1csc(NC(=O)CCl)n1. The molecule has 0 aliphatic carbocycles. The zero-order chi connectivity index (χ0) is 24.8. The van der Waals surface area contributed by atoms with Crippen LogP contribution in [0.2, 0.25) is 0 Å². The summed E-state index contributed by atoms with van der Waals surface area (Å²) in [5.41, 5.74) is -0.442. The summed E-state index contributed by atoms with van der Waals surface area (Å²) in [5.74, 6) is -4.34. The maximum Gasteiger partial charge on any atom is 0.363 e. The van der Waals surface area contributed by atoms with E-state index in [1.54, 1.807) is 0 Å². The fraction of sp³-hybridized carbons (Fsp3) is 0.500. The van der Waals surface area contributed by atoms with E-state index in [1.165, 1.54) is 5.38 Å². The second kappa shape index (κ2) is 11.4. The molecule has 1 aliphatic rings. The molecule has 1 aliphatic heterocycles. The highest BCUT2D eigenvalue weighted by Gasteiger charge is 2.58. The van der Waals surface area contributed by atoms with E-state index in [9.17, 15) is 32.1 Å². The quantitative estimate of drug-likeness (QED) is 0.0645. The number of thiazole rings is 1. The minimum Gasteiger partial charge on any atom is -0.467 e. The number of carbonyl (C=O) groups is 4. The number of hydrogen-bond donors (Lipinski definition) is 3. The number of anilines is 1. The van der Waals surface area contributed by atoms with Crippen LogP contribution in [0, 0.1) is 0 Å². The minimum absolute atomic E-state index is 0.0353. The van der Waals surface area contributed by atoms with Gasteiger partial charge < -0.3 is 20.2 Å². The Kier molecular flexibility index (Phi) is 9.09. The Balaban J connectivity index is 2.28. The predicted molar refractivity (Wildman–Crippen MR) is 115 cm³/mol. The Bertz CT molecular complexity index is 1060. The molecule has 0 bridgehead atoms. The van der Waals surface area contributed by atoms with E-state index in [0.29, 0.717) is 6.42 Å². The molecule has 1 aromatic heterocycles. The summed E-state index contributed by atoms with van der Waals surface area (Å²) in [6.07, 6.45) is 1.41. The monoisotopic (exact) mass is 525 g/mol. The molecule has 2 rings (SSSR count). The van der Waals surface area contributed by atoms with Crippen molar-refractivity contribution in [2.24, 2.45) is 5.16 Å². The van der Waals surface area contributed by atoms with Crippen molar-refractivity contribution in [2.75, 3.05) is 24.9 Å². The molecule has 182 valence electrons. The number of amides is 3. The molecular weight excluding hydrogens is 506 g/mol. The van der Waals surface area contributed by atoms with Gasteiger partial charge in [0.15, 0.2) is 16.9 Å². The number of oxime groups is 1. The van der Waals surface area contributed by atoms with Gasteiger partial charge in [-0.1, -0.05) is 18.5 Å². The van der Waals surface area contributed by atoms with Crippen LogP contribution in [0.15, 0.2) is 10.5 Å².